The SMILES string of the molecule is CC(C)(C)OC(=O)N1CCC[C@@H]1CC(=O)O.Cl.O=C(O)C[C@H]1CCCN1. The molecule has 0 aromatic rings. The number of aliphatic carboxylic acids is 2. The number of hydrogen-bond donors (Lipinski definition) is 3. The first-order valence-electron chi connectivity index (χ1n) is 8.75. The molecule has 0 radical (unpaired) electrons. The maximum Gasteiger partial charge on any atom is 0.410 e. The van der Waals surface area contributed by atoms with E-state index in [0.717, 1.165) is 32.2 Å². The molecule has 2 saturated heterocycles. The van der Waals surface area contributed by atoms with Crippen molar-refractivity contribution in [3.63, 3.8) is 0 Å². The van der Waals surface area contributed by atoms with Gasteiger partial charge in [0.1, 0.15) is 5.60 Å². The minimum absolute atomic E-state index is 0. The molecule has 2 fully saturated rings. The minimum atomic E-state index is -0.875. The smallest absolute Gasteiger partial charge is 0.410 e. The van der Waals surface area contributed by atoms with Crippen LogP contribution in [-0.4, -0.2) is 63.9 Å². The van der Waals surface area contributed by atoms with E-state index >= 15 is 0 Å². The number of halogens is 1. The van der Waals surface area contributed by atoms with Crippen LogP contribution in [0.1, 0.15) is 59.3 Å². The van der Waals surface area contributed by atoms with Crippen molar-refractivity contribution >= 4 is 30.4 Å². The van der Waals surface area contributed by atoms with Crippen molar-refractivity contribution in [1.29, 1.82) is 0 Å². The predicted octanol–water partition coefficient (Wildman–Crippen LogP) is 2.50. The number of carbonyl (C=O) groups is 3. The van der Waals surface area contributed by atoms with Gasteiger partial charge in [0.05, 0.1) is 12.8 Å². The number of amides is 1. The number of ether oxygens (including phenoxy) is 1. The van der Waals surface area contributed by atoms with Gasteiger partial charge in [-0.05, 0) is 53.0 Å². The van der Waals surface area contributed by atoms with Crippen LogP contribution in [0.3, 0.4) is 0 Å². The number of nitrogens with one attached hydrogen (secondary N) is 1. The van der Waals surface area contributed by atoms with E-state index in [0.29, 0.717) is 6.54 Å². The number of carbonyl (C=O) groups excluding carboxylic acids is 1. The molecular weight excluding hydrogens is 364 g/mol. The third kappa shape index (κ3) is 9.82. The Morgan fingerprint density at radius 3 is 2.15 bits per heavy atom. The van der Waals surface area contributed by atoms with Crippen molar-refractivity contribution in [3.05, 3.63) is 0 Å². The lowest BCUT2D eigenvalue weighted by atomic mass is 10.1. The van der Waals surface area contributed by atoms with Crippen molar-refractivity contribution < 1.29 is 29.3 Å². The molecule has 1 amide bonds. The van der Waals surface area contributed by atoms with E-state index in [1.807, 2.05) is 0 Å². The Kier molecular flexibility index (Phi) is 10.6. The maximum absolute atomic E-state index is 11.8. The Labute approximate surface area is 160 Å². The van der Waals surface area contributed by atoms with E-state index in [2.05, 4.69) is 5.32 Å². The van der Waals surface area contributed by atoms with Crippen LogP contribution in [0.15, 0.2) is 0 Å². The normalized spacial score (nSPS) is 22.0. The summed E-state index contributed by atoms with van der Waals surface area (Å²) >= 11 is 0. The largest absolute Gasteiger partial charge is 0.481 e. The van der Waals surface area contributed by atoms with E-state index < -0.39 is 23.6 Å². The standard InChI is InChI=1S/C11H19NO4.C6H11NO2.ClH/c1-11(2,3)16-10(15)12-6-4-5-8(12)7-9(13)14;8-6(9)4-5-2-1-3-7-5;/h8H,4-7H2,1-3H3,(H,13,14);5,7H,1-4H2,(H,8,9);1H/t8-;5-;/m11./s1. The van der Waals surface area contributed by atoms with Gasteiger partial charge in [0.2, 0.25) is 0 Å². The van der Waals surface area contributed by atoms with E-state index in [1.165, 1.54) is 4.90 Å². The first-order valence-corrected chi connectivity index (χ1v) is 8.75. The summed E-state index contributed by atoms with van der Waals surface area (Å²) < 4.78 is 5.23. The summed E-state index contributed by atoms with van der Waals surface area (Å²) in [5, 5.41) is 20.2. The molecule has 3 N–H and O–H groups in total. The second-order valence-electron chi connectivity index (χ2n) is 7.46. The van der Waals surface area contributed by atoms with Gasteiger partial charge in [0.15, 0.2) is 0 Å². The Morgan fingerprint density at radius 1 is 1.08 bits per heavy atom. The van der Waals surface area contributed by atoms with Gasteiger partial charge >= 0.3 is 18.0 Å². The fourth-order valence-corrected chi connectivity index (χ4v) is 2.95. The van der Waals surface area contributed by atoms with Crippen LogP contribution in [0, 0.1) is 0 Å². The number of carboxylic acids is 2. The van der Waals surface area contributed by atoms with Gasteiger partial charge in [0.25, 0.3) is 0 Å². The first-order chi connectivity index (χ1) is 11.6. The summed E-state index contributed by atoms with van der Waals surface area (Å²) in [6.07, 6.45) is 3.60. The van der Waals surface area contributed by atoms with Crippen molar-refractivity contribution in [2.45, 2.75) is 77.0 Å². The molecule has 0 bridgehead atoms. The number of rotatable bonds is 4. The average Bonchev–Trinajstić information content (AvgIpc) is 3.07. The predicted molar refractivity (Wildman–Crippen MR) is 98.7 cm³/mol. The molecule has 0 unspecified atom stereocenters. The third-order valence-corrected chi connectivity index (χ3v) is 4.00. The number of hydrogen-bond acceptors (Lipinski definition) is 5. The molecule has 2 rings (SSSR count). The highest BCUT2D eigenvalue weighted by Crippen LogP contribution is 2.22. The fraction of sp³-hybridized carbons (Fsp3) is 0.824. The molecular formula is C17H31ClN2O6. The summed E-state index contributed by atoms with van der Waals surface area (Å²) in [7, 11) is 0. The summed E-state index contributed by atoms with van der Waals surface area (Å²) in [5.74, 6) is -1.57. The topological polar surface area (TPSA) is 116 Å². The van der Waals surface area contributed by atoms with E-state index in [-0.39, 0.29) is 37.3 Å². The average molecular weight is 395 g/mol. The molecule has 152 valence electrons. The molecule has 2 aliphatic rings. The zero-order valence-electron chi connectivity index (χ0n) is 15.7. The van der Waals surface area contributed by atoms with Crippen molar-refractivity contribution in [2.24, 2.45) is 0 Å². The maximum atomic E-state index is 11.8. The van der Waals surface area contributed by atoms with Crippen LogP contribution in [0.2, 0.25) is 0 Å². The van der Waals surface area contributed by atoms with Gasteiger partial charge in [-0.2, -0.15) is 0 Å². The molecule has 0 aliphatic carbocycles. The number of nitrogens with zero attached hydrogens (tertiary/aromatic N) is 1. The van der Waals surface area contributed by atoms with Crippen LogP contribution in [-0.2, 0) is 14.3 Å². The summed E-state index contributed by atoms with van der Waals surface area (Å²) in [6, 6.07) is 0.0230. The quantitative estimate of drug-likeness (QED) is 0.670. The molecule has 0 spiro atoms. The molecule has 0 saturated carbocycles. The molecule has 0 aromatic carbocycles. The van der Waals surface area contributed by atoms with Crippen LogP contribution >= 0.6 is 12.4 Å². The van der Waals surface area contributed by atoms with Crippen LogP contribution < -0.4 is 5.32 Å². The highest BCUT2D eigenvalue weighted by Gasteiger charge is 2.33. The molecule has 2 aliphatic heterocycles. The van der Waals surface area contributed by atoms with E-state index in [1.54, 1.807) is 20.8 Å². The summed E-state index contributed by atoms with van der Waals surface area (Å²) in [4.78, 5) is 34.0. The van der Waals surface area contributed by atoms with Crippen molar-refractivity contribution in [2.75, 3.05) is 13.1 Å². The highest BCUT2D eigenvalue weighted by molar-refractivity contribution is 5.85. The molecule has 2 atom stereocenters. The van der Waals surface area contributed by atoms with Gasteiger partial charge in [-0.1, -0.05) is 0 Å². The Bertz CT molecular complexity index is 474. The lowest BCUT2D eigenvalue weighted by molar-refractivity contribution is -0.138. The zero-order chi connectivity index (χ0) is 19.0. The highest BCUT2D eigenvalue weighted by atomic mass is 35.5. The molecule has 0 aromatic heterocycles. The number of likely N-dealkylation sites (tertiary alicyclic amines) is 1. The van der Waals surface area contributed by atoms with Gasteiger partial charge in [0, 0.05) is 18.6 Å². The Balaban J connectivity index is 0.000000532. The van der Waals surface area contributed by atoms with E-state index in [4.69, 9.17) is 14.9 Å². The Hall–Kier alpha value is -1.54. The minimum Gasteiger partial charge on any atom is -0.481 e. The second-order valence-corrected chi connectivity index (χ2v) is 7.46. The van der Waals surface area contributed by atoms with Crippen LogP contribution in [0.4, 0.5) is 4.79 Å². The zero-order valence-corrected chi connectivity index (χ0v) is 16.5. The fourth-order valence-electron chi connectivity index (χ4n) is 2.95. The first kappa shape index (κ1) is 24.5. The second kappa shape index (κ2) is 11.2. The molecule has 2 heterocycles. The summed E-state index contributed by atoms with van der Waals surface area (Å²) in [6.45, 7) is 6.97. The number of carboxylic acid groups (broad SMARTS) is 2. The lowest BCUT2D eigenvalue weighted by Crippen LogP contribution is -2.40. The van der Waals surface area contributed by atoms with Gasteiger partial charge in [-0.25, -0.2) is 4.79 Å². The van der Waals surface area contributed by atoms with Crippen LogP contribution in [0.25, 0.3) is 0 Å². The van der Waals surface area contributed by atoms with Gasteiger partial charge in [-0.3, -0.25) is 9.59 Å². The molecule has 8 nitrogen and oxygen atoms in total. The summed E-state index contributed by atoms with van der Waals surface area (Å²) in [5.41, 5.74) is -0.534. The van der Waals surface area contributed by atoms with Gasteiger partial charge in [-0.15, -0.1) is 12.4 Å². The van der Waals surface area contributed by atoms with E-state index in [9.17, 15) is 14.4 Å². The Morgan fingerprint density at radius 2 is 1.69 bits per heavy atom. The molecule has 9 heteroatoms. The van der Waals surface area contributed by atoms with Crippen molar-refractivity contribution in [1.82, 2.24) is 10.2 Å². The van der Waals surface area contributed by atoms with Crippen LogP contribution in [0.5, 0.6) is 0 Å². The lowest BCUT2D eigenvalue weighted by Gasteiger charge is -2.27. The van der Waals surface area contributed by atoms with Crippen molar-refractivity contribution in [3.8, 4) is 0 Å². The monoisotopic (exact) mass is 394 g/mol. The molecule has 26 heavy (non-hydrogen) atoms. The third-order valence-electron chi connectivity index (χ3n) is 4.00. The van der Waals surface area contributed by atoms with Gasteiger partial charge < -0.3 is 25.2 Å².